The molecule has 0 unspecified atom stereocenters. The topological polar surface area (TPSA) is 56.3 Å². The molecule has 2 aromatic rings. The van der Waals surface area contributed by atoms with E-state index in [1.54, 1.807) is 18.2 Å². The van der Waals surface area contributed by atoms with Gasteiger partial charge in [-0.25, -0.2) is 0 Å². The number of nitrogens with zero attached hydrogens (tertiary/aromatic N) is 1. The summed E-state index contributed by atoms with van der Waals surface area (Å²) in [6, 6.07) is 8.07. The molecular formula is C12H10ClNO3. The molecule has 2 rings (SSSR count). The van der Waals surface area contributed by atoms with Gasteiger partial charge in [-0.3, -0.25) is 10.1 Å². The molecule has 4 nitrogen and oxygen atoms in total. The molecule has 0 aliphatic carbocycles. The molecule has 17 heavy (non-hydrogen) atoms. The largest absolute Gasteiger partial charge is 0.461 e. The number of nitro groups is 1. The monoisotopic (exact) mass is 251 g/mol. The maximum Gasteiger partial charge on any atom is 0.281 e. The Morgan fingerprint density at radius 3 is 2.71 bits per heavy atom. The third-order valence-electron chi connectivity index (χ3n) is 2.43. The first-order chi connectivity index (χ1) is 8.11. The van der Waals surface area contributed by atoms with Crippen molar-refractivity contribution in [2.24, 2.45) is 0 Å². The van der Waals surface area contributed by atoms with Crippen LogP contribution in [0.3, 0.4) is 0 Å². The second-order valence-electron chi connectivity index (χ2n) is 3.54. The molecule has 0 fully saturated rings. The van der Waals surface area contributed by atoms with Gasteiger partial charge in [0.25, 0.3) is 5.69 Å². The average Bonchev–Trinajstić information content (AvgIpc) is 2.77. The molecule has 1 heterocycles. The highest BCUT2D eigenvalue weighted by molar-refractivity contribution is 6.30. The SMILES string of the molecule is CCc1ccc(-c2ccc(Cl)cc2[N+](=O)[O-])o1. The second-order valence-corrected chi connectivity index (χ2v) is 3.97. The molecule has 0 aliphatic rings. The van der Waals surface area contributed by atoms with Gasteiger partial charge in [0.1, 0.15) is 11.5 Å². The predicted octanol–water partition coefficient (Wildman–Crippen LogP) is 4.07. The zero-order valence-corrected chi connectivity index (χ0v) is 9.90. The summed E-state index contributed by atoms with van der Waals surface area (Å²) >= 11 is 5.75. The number of nitro benzene ring substituents is 1. The summed E-state index contributed by atoms with van der Waals surface area (Å²) in [6.07, 6.45) is 0.751. The number of halogens is 1. The summed E-state index contributed by atoms with van der Waals surface area (Å²) in [5.74, 6) is 1.29. The standard InChI is InChI=1S/C12H10ClNO3/c1-2-9-4-6-12(17-9)10-5-3-8(13)7-11(10)14(15)16/h3-7H,2H2,1H3. The van der Waals surface area contributed by atoms with Gasteiger partial charge < -0.3 is 4.42 Å². The molecule has 88 valence electrons. The fraction of sp³-hybridized carbons (Fsp3) is 0.167. The Morgan fingerprint density at radius 2 is 2.12 bits per heavy atom. The van der Waals surface area contributed by atoms with Crippen LogP contribution in [0, 0.1) is 10.1 Å². The van der Waals surface area contributed by atoms with Crippen LogP contribution in [-0.2, 0) is 6.42 Å². The number of aryl methyl sites for hydroxylation is 1. The molecule has 0 bridgehead atoms. The van der Waals surface area contributed by atoms with Crippen molar-refractivity contribution in [3.63, 3.8) is 0 Å². The highest BCUT2D eigenvalue weighted by atomic mass is 35.5. The summed E-state index contributed by atoms with van der Waals surface area (Å²) in [6.45, 7) is 1.96. The Balaban J connectivity index is 2.54. The quantitative estimate of drug-likeness (QED) is 0.610. The lowest BCUT2D eigenvalue weighted by Gasteiger charge is -2.00. The van der Waals surface area contributed by atoms with Crippen molar-refractivity contribution >= 4 is 17.3 Å². The van der Waals surface area contributed by atoms with Gasteiger partial charge >= 0.3 is 0 Å². The lowest BCUT2D eigenvalue weighted by Crippen LogP contribution is -1.91. The first-order valence-electron chi connectivity index (χ1n) is 5.15. The van der Waals surface area contributed by atoms with E-state index in [-0.39, 0.29) is 5.69 Å². The van der Waals surface area contributed by atoms with E-state index >= 15 is 0 Å². The highest BCUT2D eigenvalue weighted by Gasteiger charge is 2.18. The highest BCUT2D eigenvalue weighted by Crippen LogP contribution is 2.33. The van der Waals surface area contributed by atoms with Crippen LogP contribution in [0.2, 0.25) is 5.02 Å². The van der Waals surface area contributed by atoms with Gasteiger partial charge in [-0.1, -0.05) is 18.5 Å². The molecule has 0 radical (unpaired) electrons. The van der Waals surface area contributed by atoms with E-state index in [0.29, 0.717) is 16.3 Å². The second kappa shape index (κ2) is 4.59. The van der Waals surface area contributed by atoms with Crippen LogP contribution in [0.4, 0.5) is 5.69 Å². The minimum atomic E-state index is -0.463. The van der Waals surface area contributed by atoms with Gasteiger partial charge in [0.05, 0.1) is 10.5 Å². The summed E-state index contributed by atoms with van der Waals surface area (Å²) in [7, 11) is 0. The van der Waals surface area contributed by atoms with Gasteiger partial charge in [-0.15, -0.1) is 0 Å². The van der Waals surface area contributed by atoms with Crippen LogP contribution in [0.25, 0.3) is 11.3 Å². The number of hydrogen-bond acceptors (Lipinski definition) is 3. The number of furan rings is 1. The molecule has 0 atom stereocenters. The van der Waals surface area contributed by atoms with Crippen LogP contribution in [0.5, 0.6) is 0 Å². The van der Waals surface area contributed by atoms with E-state index in [4.69, 9.17) is 16.0 Å². The van der Waals surface area contributed by atoms with E-state index < -0.39 is 4.92 Å². The summed E-state index contributed by atoms with van der Waals surface area (Å²) < 4.78 is 5.50. The zero-order chi connectivity index (χ0) is 12.4. The van der Waals surface area contributed by atoms with Gasteiger partial charge in [0.2, 0.25) is 0 Å². The molecule has 1 aromatic heterocycles. The number of rotatable bonds is 3. The van der Waals surface area contributed by atoms with Gasteiger partial charge in [-0.05, 0) is 24.3 Å². The van der Waals surface area contributed by atoms with Crippen LogP contribution in [-0.4, -0.2) is 4.92 Å². The molecule has 5 heteroatoms. The maximum absolute atomic E-state index is 10.9. The fourth-order valence-electron chi connectivity index (χ4n) is 1.58. The van der Waals surface area contributed by atoms with Crippen molar-refractivity contribution in [1.82, 2.24) is 0 Å². The molecule has 0 spiro atoms. The summed E-state index contributed by atoms with van der Waals surface area (Å²) in [5.41, 5.74) is 0.397. The molecule has 0 amide bonds. The van der Waals surface area contributed by atoms with E-state index in [0.717, 1.165) is 12.2 Å². The predicted molar refractivity (Wildman–Crippen MR) is 65.2 cm³/mol. The lowest BCUT2D eigenvalue weighted by molar-refractivity contribution is -0.384. The third-order valence-corrected chi connectivity index (χ3v) is 2.67. The normalized spacial score (nSPS) is 10.5. The maximum atomic E-state index is 10.9. The molecule has 0 saturated carbocycles. The summed E-state index contributed by atoms with van der Waals surface area (Å²) in [4.78, 5) is 10.5. The fourth-order valence-corrected chi connectivity index (χ4v) is 1.74. The average molecular weight is 252 g/mol. The smallest absolute Gasteiger partial charge is 0.281 e. The Hall–Kier alpha value is -1.81. The Morgan fingerprint density at radius 1 is 1.35 bits per heavy atom. The van der Waals surface area contributed by atoms with E-state index in [1.165, 1.54) is 6.07 Å². The number of hydrogen-bond donors (Lipinski definition) is 0. The molecule has 1 aromatic carbocycles. The third kappa shape index (κ3) is 2.31. The zero-order valence-electron chi connectivity index (χ0n) is 9.14. The van der Waals surface area contributed by atoms with Crippen LogP contribution >= 0.6 is 11.6 Å². The van der Waals surface area contributed by atoms with Crippen molar-refractivity contribution in [2.45, 2.75) is 13.3 Å². The first-order valence-corrected chi connectivity index (χ1v) is 5.52. The van der Waals surface area contributed by atoms with Crippen molar-refractivity contribution < 1.29 is 9.34 Å². The van der Waals surface area contributed by atoms with E-state index in [9.17, 15) is 10.1 Å². The van der Waals surface area contributed by atoms with E-state index in [1.807, 2.05) is 13.0 Å². The van der Waals surface area contributed by atoms with Crippen LogP contribution < -0.4 is 0 Å². The molecule has 0 saturated heterocycles. The van der Waals surface area contributed by atoms with Crippen molar-refractivity contribution in [1.29, 1.82) is 0 Å². The Kier molecular flexibility index (Phi) is 3.15. The summed E-state index contributed by atoms with van der Waals surface area (Å²) in [5, 5.41) is 11.3. The minimum Gasteiger partial charge on any atom is -0.461 e. The lowest BCUT2D eigenvalue weighted by atomic mass is 10.1. The van der Waals surface area contributed by atoms with Gasteiger partial charge in [0, 0.05) is 17.5 Å². The van der Waals surface area contributed by atoms with Gasteiger partial charge in [-0.2, -0.15) is 0 Å². The Bertz CT molecular complexity index is 563. The molecular weight excluding hydrogens is 242 g/mol. The minimum absolute atomic E-state index is 0.0468. The van der Waals surface area contributed by atoms with E-state index in [2.05, 4.69) is 0 Å². The van der Waals surface area contributed by atoms with Crippen molar-refractivity contribution in [2.75, 3.05) is 0 Å². The van der Waals surface area contributed by atoms with Crippen molar-refractivity contribution in [3.05, 3.63) is 51.2 Å². The Labute approximate surface area is 103 Å². The van der Waals surface area contributed by atoms with Crippen molar-refractivity contribution in [3.8, 4) is 11.3 Å². The molecule has 0 aliphatic heterocycles. The molecule has 0 N–H and O–H groups in total. The van der Waals surface area contributed by atoms with Crippen LogP contribution in [0.1, 0.15) is 12.7 Å². The van der Waals surface area contributed by atoms with Crippen LogP contribution in [0.15, 0.2) is 34.7 Å². The van der Waals surface area contributed by atoms with Gasteiger partial charge in [0.15, 0.2) is 0 Å². The first kappa shape index (κ1) is 11.7. The number of benzene rings is 1.